The van der Waals surface area contributed by atoms with E-state index in [2.05, 4.69) is 25.6 Å². The predicted octanol–water partition coefficient (Wildman–Crippen LogP) is 2.22. The fraction of sp³-hybridized carbons (Fsp3) is 0.273. The summed E-state index contributed by atoms with van der Waals surface area (Å²) in [5, 5.41) is 32.0. The fourth-order valence-electron chi connectivity index (χ4n) is 2.97. The minimum atomic E-state index is -1.25. The number of ether oxygens (including phenoxy) is 2. The van der Waals surface area contributed by atoms with E-state index in [0.717, 1.165) is 18.5 Å². The molecule has 1 aromatic carbocycles. The third-order valence-corrected chi connectivity index (χ3v) is 4.94. The summed E-state index contributed by atoms with van der Waals surface area (Å²) >= 11 is 6.23. The number of benzene rings is 1. The van der Waals surface area contributed by atoms with Gasteiger partial charge in [-0.15, -0.1) is 0 Å². The summed E-state index contributed by atoms with van der Waals surface area (Å²) in [6, 6.07) is 9.25. The topological polar surface area (TPSA) is 165 Å². The normalized spacial score (nSPS) is 15.8. The zero-order valence-corrected chi connectivity index (χ0v) is 19.0. The second-order valence-corrected chi connectivity index (χ2v) is 7.39. The molecule has 13 heteroatoms. The van der Waals surface area contributed by atoms with E-state index < -0.39 is 23.7 Å². The van der Waals surface area contributed by atoms with Crippen molar-refractivity contribution < 1.29 is 23.8 Å². The van der Waals surface area contributed by atoms with Crippen LogP contribution < -0.4 is 10.6 Å². The second-order valence-electron chi connectivity index (χ2n) is 6.98. The molecule has 182 valence electrons. The van der Waals surface area contributed by atoms with Gasteiger partial charge in [-0.2, -0.15) is 5.26 Å². The highest BCUT2D eigenvalue weighted by Crippen LogP contribution is 2.27. The molecule has 0 saturated carbocycles. The van der Waals surface area contributed by atoms with Crippen LogP contribution in [0.1, 0.15) is 5.56 Å². The van der Waals surface area contributed by atoms with Gasteiger partial charge < -0.3 is 30.6 Å². The lowest BCUT2D eigenvalue weighted by atomic mass is 10.1. The first kappa shape index (κ1) is 25.7. The summed E-state index contributed by atoms with van der Waals surface area (Å²) in [5.74, 6) is -1.81. The average molecular weight is 502 g/mol. The molecule has 0 spiro atoms. The number of nitrogens with one attached hydrogen (secondary N) is 3. The van der Waals surface area contributed by atoms with Gasteiger partial charge in [-0.3, -0.25) is 4.79 Å². The van der Waals surface area contributed by atoms with Crippen molar-refractivity contribution in [3.8, 4) is 6.07 Å². The molecule has 2 heterocycles. The van der Waals surface area contributed by atoms with E-state index in [4.69, 9.17) is 31.6 Å². The van der Waals surface area contributed by atoms with Crippen LogP contribution in [0.4, 0.5) is 15.9 Å². The summed E-state index contributed by atoms with van der Waals surface area (Å²) in [6.45, 7) is -0.627. The van der Waals surface area contributed by atoms with Gasteiger partial charge in [-0.05, 0) is 24.3 Å². The number of pyridine rings is 1. The van der Waals surface area contributed by atoms with Gasteiger partial charge in [0.1, 0.15) is 36.1 Å². The third-order valence-electron chi connectivity index (χ3n) is 4.62. The Labute approximate surface area is 204 Å². The molecule has 1 aromatic heterocycles. The number of hydrogen-bond acceptors (Lipinski definition) is 10. The molecule has 2 unspecified atom stereocenters. The standard InChI is InChI=1S/C22H21ClFN7O4/c23-16-3-1-2-13(8-25)19(16)31-20-15(9-26)22(29-12-28-20)35-17(11-34-7-6-32)21(33)30-18-5-4-14(24)10-27-18/h1-5,9-10,15,17,26,32H,6-7,11-12H2,(H,28,31)(H,27,30,33). The molecule has 3 rings (SSSR count). The number of amides is 1. The van der Waals surface area contributed by atoms with Gasteiger partial charge in [0.25, 0.3) is 5.91 Å². The molecular weight excluding hydrogens is 481 g/mol. The van der Waals surface area contributed by atoms with Crippen molar-refractivity contribution >= 4 is 47.0 Å². The van der Waals surface area contributed by atoms with Crippen LogP contribution in [0.3, 0.4) is 0 Å². The van der Waals surface area contributed by atoms with Crippen LogP contribution >= 0.6 is 11.6 Å². The van der Waals surface area contributed by atoms with Crippen LogP contribution in [0.25, 0.3) is 0 Å². The van der Waals surface area contributed by atoms with Crippen molar-refractivity contribution in [1.82, 2.24) is 4.98 Å². The number of aromatic nitrogens is 1. The number of nitrogens with zero attached hydrogens (tertiary/aromatic N) is 4. The first-order valence-corrected chi connectivity index (χ1v) is 10.7. The molecular formula is C22H21ClFN7O4. The maximum absolute atomic E-state index is 13.1. The Morgan fingerprint density at radius 2 is 2.23 bits per heavy atom. The smallest absolute Gasteiger partial charge is 0.269 e. The summed E-state index contributed by atoms with van der Waals surface area (Å²) < 4.78 is 24.2. The number of carbonyl (C=O) groups is 1. The monoisotopic (exact) mass is 501 g/mol. The average Bonchev–Trinajstić information content (AvgIpc) is 2.86. The maximum Gasteiger partial charge on any atom is 0.269 e. The summed E-state index contributed by atoms with van der Waals surface area (Å²) in [7, 11) is 0. The molecule has 0 bridgehead atoms. The summed E-state index contributed by atoms with van der Waals surface area (Å²) in [5.41, 5.74) is 0.585. The van der Waals surface area contributed by atoms with Crippen LogP contribution in [-0.2, 0) is 14.3 Å². The molecule has 4 N–H and O–H groups in total. The number of nitriles is 1. The van der Waals surface area contributed by atoms with Gasteiger partial charge in [0.05, 0.1) is 42.3 Å². The minimum Gasteiger partial charge on any atom is -0.464 e. The number of halogens is 2. The van der Waals surface area contributed by atoms with E-state index in [1.54, 1.807) is 18.2 Å². The second kappa shape index (κ2) is 12.5. The third kappa shape index (κ3) is 6.80. The number of aliphatic hydroxyl groups is 1. The molecule has 0 fully saturated rings. The lowest BCUT2D eigenvalue weighted by Crippen LogP contribution is -2.42. The predicted molar refractivity (Wildman–Crippen MR) is 127 cm³/mol. The van der Waals surface area contributed by atoms with Crippen LogP contribution in [0.2, 0.25) is 5.02 Å². The summed E-state index contributed by atoms with van der Waals surface area (Å²) in [4.78, 5) is 25.0. The van der Waals surface area contributed by atoms with Gasteiger partial charge in [-0.25, -0.2) is 19.4 Å². The van der Waals surface area contributed by atoms with Gasteiger partial charge in [0, 0.05) is 6.21 Å². The number of aliphatic hydroxyl groups excluding tert-OH is 1. The van der Waals surface area contributed by atoms with E-state index in [1.807, 2.05) is 6.07 Å². The Morgan fingerprint density at radius 1 is 1.40 bits per heavy atom. The van der Waals surface area contributed by atoms with Crippen molar-refractivity contribution in [3.63, 3.8) is 0 Å². The molecule has 1 aliphatic heterocycles. The van der Waals surface area contributed by atoms with Crippen LogP contribution in [0.5, 0.6) is 0 Å². The van der Waals surface area contributed by atoms with E-state index >= 15 is 0 Å². The SMILES string of the molecule is N#Cc1cccc(Cl)c1NC1=NCN=C(OC(COCCO)C(=O)Nc2ccc(F)cn2)C1C=N. The van der Waals surface area contributed by atoms with Crippen molar-refractivity contribution in [1.29, 1.82) is 10.7 Å². The molecule has 2 aromatic rings. The van der Waals surface area contributed by atoms with Crippen molar-refractivity contribution in [2.75, 3.05) is 37.1 Å². The van der Waals surface area contributed by atoms with Crippen molar-refractivity contribution in [2.24, 2.45) is 15.9 Å². The van der Waals surface area contributed by atoms with Crippen LogP contribution in [-0.4, -0.2) is 66.5 Å². The zero-order chi connectivity index (χ0) is 25.2. The van der Waals surface area contributed by atoms with Gasteiger partial charge in [0.2, 0.25) is 12.0 Å². The molecule has 2 atom stereocenters. The highest BCUT2D eigenvalue weighted by Gasteiger charge is 2.31. The highest BCUT2D eigenvalue weighted by molar-refractivity contribution is 6.34. The Balaban J connectivity index is 1.78. The molecule has 0 aliphatic carbocycles. The zero-order valence-electron chi connectivity index (χ0n) is 18.2. The fourth-order valence-corrected chi connectivity index (χ4v) is 3.19. The molecule has 0 radical (unpaired) electrons. The highest BCUT2D eigenvalue weighted by atomic mass is 35.5. The molecule has 35 heavy (non-hydrogen) atoms. The maximum atomic E-state index is 13.1. The number of amidine groups is 1. The number of rotatable bonds is 9. The van der Waals surface area contributed by atoms with Crippen molar-refractivity contribution in [3.05, 3.63) is 52.9 Å². The van der Waals surface area contributed by atoms with Crippen LogP contribution in [0, 0.1) is 28.5 Å². The molecule has 0 saturated heterocycles. The van der Waals surface area contributed by atoms with E-state index in [1.165, 1.54) is 6.07 Å². The minimum absolute atomic E-state index is 0.00266. The Hall–Kier alpha value is -3.92. The Bertz CT molecular complexity index is 1170. The number of hydrogen-bond donors (Lipinski definition) is 4. The van der Waals surface area contributed by atoms with Gasteiger partial charge in [-0.1, -0.05) is 17.7 Å². The Kier molecular flexibility index (Phi) is 9.19. The lowest BCUT2D eigenvalue weighted by molar-refractivity contribution is -0.126. The van der Waals surface area contributed by atoms with E-state index in [9.17, 15) is 14.4 Å². The van der Waals surface area contributed by atoms with Gasteiger partial charge >= 0.3 is 0 Å². The van der Waals surface area contributed by atoms with Crippen molar-refractivity contribution in [2.45, 2.75) is 6.10 Å². The molecule has 11 nitrogen and oxygen atoms in total. The number of carbonyl (C=O) groups excluding carboxylic acids is 1. The first-order valence-electron chi connectivity index (χ1n) is 10.3. The van der Waals surface area contributed by atoms with Gasteiger partial charge in [0.15, 0.2) is 0 Å². The Morgan fingerprint density at radius 3 is 2.91 bits per heavy atom. The lowest BCUT2D eigenvalue weighted by Gasteiger charge is -2.26. The molecule has 1 aliphatic rings. The van der Waals surface area contributed by atoms with E-state index in [0.29, 0.717) is 5.69 Å². The summed E-state index contributed by atoms with van der Waals surface area (Å²) in [6.07, 6.45) is 0.712. The molecule has 1 amide bonds. The van der Waals surface area contributed by atoms with Crippen LogP contribution in [0.15, 0.2) is 46.5 Å². The largest absolute Gasteiger partial charge is 0.464 e. The quantitative estimate of drug-likeness (QED) is 0.302. The number of para-hydroxylation sites is 1. The first-order chi connectivity index (χ1) is 17.0. The van der Waals surface area contributed by atoms with E-state index in [-0.39, 0.29) is 54.6 Å². The number of anilines is 2. The number of aliphatic imine (C=N–C) groups is 2.